The van der Waals surface area contributed by atoms with Gasteiger partial charge in [0.25, 0.3) is 5.91 Å². The third kappa shape index (κ3) is 5.34. The van der Waals surface area contributed by atoms with Crippen LogP contribution in [0, 0.1) is 5.41 Å². The summed E-state index contributed by atoms with van der Waals surface area (Å²) in [7, 11) is 0. The van der Waals surface area contributed by atoms with Gasteiger partial charge in [0, 0.05) is 41.1 Å². The minimum Gasteiger partial charge on any atom is -0.360 e. The largest absolute Gasteiger partial charge is 0.360 e. The lowest BCUT2D eigenvalue weighted by molar-refractivity contribution is -0.123. The molecule has 3 amide bonds. The van der Waals surface area contributed by atoms with E-state index >= 15 is 0 Å². The lowest BCUT2D eigenvalue weighted by atomic mass is 9.95. The minimum atomic E-state index is -0.519. The number of piperazine rings is 1. The van der Waals surface area contributed by atoms with Crippen LogP contribution in [-0.2, 0) is 9.59 Å². The molecule has 2 aromatic carbocycles. The topological polar surface area (TPSA) is 90.5 Å². The number of carbonyl (C=O) groups excluding carboxylic acids is 3. The van der Waals surface area contributed by atoms with E-state index in [1.54, 1.807) is 24.3 Å². The van der Waals surface area contributed by atoms with Crippen LogP contribution in [0.5, 0.6) is 0 Å². The summed E-state index contributed by atoms with van der Waals surface area (Å²) in [6.07, 6.45) is 0. The van der Waals surface area contributed by atoms with Gasteiger partial charge in [0.15, 0.2) is 0 Å². The SMILES string of the molecule is CC(C)(C)C(=O)Nc1cccc(C(=O)Nc2ccc(N3CCNC(=O)C3)cc2)c1. The van der Waals surface area contributed by atoms with Gasteiger partial charge in [0.05, 0.1) is 6.54 Å². The number of amides is 3. The number of hydrogen-bond acceptors (Lipinski definition) is 4. The Labute approximate surface area is 170 Å². The third-order valence-electron chi connectivity index (χ3n) is 4.59. The van der Waals surface area contributed by atoms with Crippen LogP contribution in [0.1, 0.15) is 31.1 Å². The molecule has 0 bridgehead atoms. The van der Waals surface area contributed by atoms with Crippen LogP contribution >= 0.6 is 0 Å². The Morgan fingerprint density at radius 3 is 2.38 bits per heavy atom. The summed E-state index contributed by atoms with van der Waals surface area (Å²) in [5.74, 6) is -0.369. The van der Waals surface area contributed by atoms with E-state index in [-0.39, 0.29) is 17.7 Å². The highest BCUT2D eigenvalue weighted by Crippen LogP contribution is 2.21. The normalized spacial score (nSPS) is 14.2. The van der Waals surface area contributed by atoms with Crippen molar-refractivity contribution in [3.05, 3.63) is 54.1 Å². The zero-order valence-electron chi connectivity index (χ0n) is 16.9. The molecule has 0 saturated carbocycles. The van der Waals surface area contributed by atoms with Crippen LogP contribution < -0.4 is 20.9 Å². The quantitative estimate of drug-likeness (QED) is 0.744. The van der Waals surface area contributed by atoms with Crippen molar-refractivity contribution in [2.75, 3.05) is 35.2 Å². The molecule has 3 N–H and O–H groups in total. The summed E-state index contributed by atoms with van der Waals surface area (Å²) in [5.41, 5.74) is 2.11. The van der Waals surface area contributed by atoms with Crippen LogP contribution in [0.4, 0.5) is 17.1 Å². The lowest BCUT2D eigenvalue weighted by Gasteiger charge is -2.28. The molecule has 0 spiro atoms. The number of carbonyl (C=O) groups is 3. The average molecular weight is 394 g/mol. The predicted octanol–water partition coefficient (Wildman–Crippen LogP) is 2.86. The Morgan fingerprint density at radius 2 is 1.72 bits per heavy atom. The van der Waals surface area contributed by atoms with Crippen molar-refractivity contribution in [3.8, 4) is 0 Å². The van der Waals surface area contributed by atoms with Gasteiger partial charge < -0.3 is 20.9 Å². The summed E-state index contributed by atoms with van der Waals surface area (Å²) >= 11 is 0. The van der Waals surface area contributed by atoms with Gasteiger partial charge in [-0.3, -0.25) is 14.4 Å². The summed E-state index contributed by atoms with van der Waals surface area (Å²) < 4.78 is 0. The average Bonchev–Trinajstić information content (AvgIpc) is 2.68. The molecule has 0 radical (unpaired) electrons. The molecule has 1 aliphatic rings. The summed E-state index contributed by atoms with van der Waals surface area (Å²) in [4.78, 5) is 38.3. The van der Waals surface area contributed by atoms with E-state index in [2.05, 4.69) is 16.0 Å². The van der Waals surface area contributed by atoms with Crippen LogP contribution in [-0.4, -0.2) is 37.4 Å². The molecule has 1 aliphatic heterocycles. The maximum atomic E-state index is 12.6. The van der Waals surface area contributed by atoms with Gasteiger partial charge in [0.1, 0.15) is 0 Å². The monoisotopic (exact) mass is 394 g/mol. The second-order valence-electron chi connectivity index (χ2n) is 8.06. The molecule has 152 valence electrons. The van der Waals surface area contributed by atoms with Gasteiger partial charge in [-0.1, -0.05) is 26.8 Å². The molecule has 1 heterocycles. The summed E-state index contributed by atoms with van der Waals surface area (Å²) in [5, 5.41) is 8.49. The summed E-state index contributed by atoms with van der Waals surface area (Å²) in [6, 6.07) is 14.2. The standard InChI is InChI=1S/C22H26N4O3/c1-22(2,3)21(29)25-17-6-4-5-15(13-17)20(28)24-16-7-9-18(10-8-16)26-12-11-23-19(27)14-26/h4-10,13H,11-12,14H2,1-3H3,(H,23,27)(H,24,28)(H,25,29). The highest BCUT2D eigenvalue weighted by Gasteiger charge is 2.21. The van der Waals surface area contributed by atoms with Gasteiger partial charge in [-0.05, 0) is 42.5 Å². The maximum Gasteiger partial charge on any atom is 0.255 e. The highest BCUT2D eigenvalue weighted by molar-refractivity contribution is 6.05. The van der Waals surface area contributed by atoms with Crippen molar-refractivity contribution in [2.24, 2.45) is 5.41 Å². The molecule has 3 rings (SSSR count). The van der Waals surface area contributed by atoms with Crippen molar-refractivity contribution in [1.29, 1.82) is 0 Å². The second-order valence-corrected chi connectivity index (χ2v) is 8.06. The van der Waals surface area contributed by atoms with Gasteiger partial charge in [-0.15, -0.1) is 0 Å². The van der Waals surface area contributed by atoms with E-state index in [9.17, 15) is 14.4 Å². The molecule has 7 heteroatoms. The fourth-order valence-corrected chi connectivity index (χ4v) is 2.87. The zero-order chi connectivity index (χ0) is 21.0. The minimum absolute atomic E-state index is 0.00654. The molecular weight excluding hydrogens is 368 g/mol. The first-order valence-electron chi connectivity index (χ1n) is 9.57. The Hall–Kier alpha value is -3.35. The zero-order valence-corrected chi connectivity index (χ0v) is 16.9. The first-order valence-corrected chi connectivity index (χ1v) is 9.57. The highest BCUT2D eigenvalue weighted by atomic mass is 16.2. The molecule has 0 unspecified atom stereocenters. The van der Waals surface area contributed by atoms with Crippen LogP contribution in [0.2, 0.25) is 0 Å². The Kier molecular flexibility index (Phi) is 5.87. The van der Waals surface area contributed by atoms with Crippen molar-refractivity contribution in [1.82, 2.24) is 5.32 Å². The second kappa shape index (κ2) is 8.34. The van der Waals surface area contributed by atoms with Crippen LogP contribution in [0.15, 0.2) is 48.5 Å². The molecule has 2 aromatic rings. The summed E-state index contributed by atoms with van der Waals surface area (Å²) in [6.45, 7) is 7.21. The van der Waals surface area contributed by atoms with Crippen molar-refractivity contribution >= 4 is 34.8 Å². The van der Waals surface area contributed by atoms with Crippen molar-refractivity contribution in [2.45, 2.75) is 20.8 Å². The molecule has 7 nitrogen and oxygen atoms in total. The Balaban J connectivity index is 1.65. The van der Waals surface area contributed by atoms with E-state index in [1.165, 1.54) is 0 Å². The smallest absolute Gasteiger partial charge is 0.255 e. The fraction of sp³-hybridized carbons (Fsp3) is 0.318. The van der Waals surface area contributed by atoms with Crippen molar-refractivity contribution < 1.29 is 14.4 Å². The molecular formula is C22H26N4O3. The lowest BCUT2D eigenvalue weighted by Crippen LogP contribution is -2.47. The number of rotatable bonds is 4. The maximum absolute atomic E-state index is 12.6. The van der Waals surface area contributed by atoms with Gasteiger partial charge >= 0.3 is 0 Å². The first-order chi connectivity index (χ1) is 13.7. The Morgan fingerprint density at radius 1 is 1.00 bits per heavy atom. The molecule has 29 heavy (non-hydrogen) atoms. The van der Waals surface area contributed by atoms with E-state index in [1.807, 2.05) is 49.9 Å². The molecule has 1 saturated heterocycles. The third-order valence-corrected chi connectivity index (χ3v) is 4.59. The van der Waals surface area contributed by atoms with E-state index in [4.69, 9.17) is 0 Å². The number of nitrogens with zero attached hydrogens (tertiary/aromatic N) is 1. The van der Waals surface area contributed by atoms with E-state index in [0.29, 0.717) is 30.0 Å². The predicted molar refractivity (Wildman–Crippen MR) is 114 cm³/mol. The van der Waals surface area contributed by atoms with Crippen molar-refractivity contribution in [3.63, 3.8) is 0 Å². The van der Waals surface area contributed by atoms with E-state index in [0.717, 1.165) is 12.2 Å². The first kappa shape index (κ1) is 20.4. The molecule has 1 fully saturated rings. The Bertz CT molecular complexity index is 916. The number of hydrogen-bond donors (Lipinski definition) is 3. The molecule has 0 atom stereocenters. The van der Waals surface area contributed by atoms with E-state index < -0.39 is 5.41 Å². The molecule has 0 aliphatic carbocycles. The molecule has 0 aromatic heterocycles. The van der Waals surface area contributed by atoms with Crippen LogP contribution in [0.3, 0.4) is 0 Å². The van der Waals surface area contributed by atoms with Gasteiger partial charge in [0.2, 0.25) is 11.8 Å². The number of anilines is 3. The number of benzene rings is 2. The van der Waals surface area contributed by atoms with Crippen LogP contribution in [0.25, 0.3) is 0 Å². The van der Waals surface area contributed by atoms with Gasteiger partial charge in [-0.25, -0.2) is 0 Å². The van der Waals surface area contributed by atoms with Gasteiger partial charge in [-0.2, -0.15) is 0 Å². The number of nitrogens with one attached hydrogen (secondary N) is 3. The fourth-order valence-electron chi connectivity index (χ4n) is 2.87.